The van der Waals surface area contributed by atoms with Gasteiger partial charge in [-0.25, -0.2) is 16.8 Å². The Kier molecular flexibility index (Phi) is 5.78. The maximum atomic E-state index is 12.8. The quantitative estimate of drug-likeness (QED) is 0.708. The van der Waals surface area contributed by atoms with Crippen molar-refractivity contribution in [2.24, 2.45) is 0 Å². The molecule has 1 aliphatic rings. The molecule has 0 spiro atoms. The summed E-state index contributed by atoms with van der Waals surface area (Å²) in [5.74, 6) is 0. The van der Waals surface area contributed by atoms with E-state index in [2.05, 4.69) is 20.7 Å². The summed E-state index contributed by atoms with van der Waals surface area (Å²) < 4.78 is 55.6. The van der Waals surface area contributed by atoms with E-state index in [1.54, 1.807) is 19.1 Å². The molecule has 3 rings (SSSR count). The van der Waals surface area contributed by atoms with Crippen molar-refractivity contribution in [1.29, 1.82) is 0 Å². The summed E-state index contributed by atoms with van der Waals surface area (Å²) in [6, 6.07) is 7.71. The molecule has 1 saturated heterocycles. The van der Waals surface area contributed by atoms with Crippen molar-refractivity contribution in [2.45, 2.75) is 35.3 Å². The summed E-state index contributed by atoms with van der Waals surface area (Å²) in [6.07, 6.45) is 2.72. The van der Waals surface area contributed by atoms with Crippen molar-refractivity contribution < 1.29 is 16.8 Å². The molecule has 142 valence electrons. The molecule has 0 bridgehead atoms. The number of aryl methyl sites for hydroxylation is 1. The second kappa shape index (κ2) is 7.59. The molecule has 26 heavy (non-hydrogen) atoms. The fraction of sp³-hybridized carbons (Fsp3) is 0.375. The highest BCUT2D eigenvalue weighted by molar-refractivity contribution is 9.11. The average Bonchev–Trinajstić information content (AvgIpc) is 3.05. The van der Waals surface area contributed by atoms with Gasteiger partial charge in [-0.15, -0.1) is 11.3 Å². The number of rotatable bonds is 5. The minimum Gasteiger partial charge on any atom is -0.279 e. The zero-order valence-corrected chi connectivity index (χ0v) is 18.1. The van der Waals surface area contributed by atoms with Gasteiger partial charge in [0.25, 0.3) is 10.0 Å². The zero-order chi connectivity index (χ0) is 18.9. The van der Waals surface area contributed by atoms with Gasteiger partial charge in [0.05, 0.1) is 14.4 Å². The van der Waals surface area contributed by atoms with E-state index in [1.165, 1.54) is 22.5 Å². The predicted octanol–water partition coefficient (Wildman–Crippen LogP) is 3.79. The molecule has 1 aliphatic heterocycles. The molecule has 0 radical (unpaired) electrons. The number of hydrogen-bond acceptors (Lipinski definition) is 5. The van der Waals surface area contributed by atoms with Crippen LogP contribution in [0, 0.1) is 6.92 Å². The summed E-state index contributed by atoms with van der Waals surface area (Å²) in [4.78, 5) is 0.107. The lowest BCUT2D eigenvalue weighted by Gasteiger charge is -2.26. The van der Waals surface area contributed by atoms with Gasteiger partial charge in [0.1, 0.15) is 4.21 Å². The molecule has 10 heteroatoms. The molecular weight excluding hydrogens is 460 g/mol. The van der Waals surface area contributed by atoms with Crippen LogP contribution in [-0.2, 0) is 20.0 Å². The van der Waals surface area contributed by atoms with Gasteiger partial charge >= 0.3 is 0 Å². The van der Waals surface area contributed by atoms with Crippen LogP contribution in [-0.4, -0.2) is 34.2 Å². The SMILES string of the molecule is Cc1ccc(S(=O)(=O)N2CCCCC2)cc1NS(=O)(=O)c1ccc(Br)s1. The van der Waals surface area contributed by atoms with E-state index in [9.17, 15) is 16.8 Å². The van der Waals surface area contributed by atoms with Crippen LogP contribution in [0.15, 0.2) is 43.2 Å². The largest absolute Gasteiger partial charge is 0.279 e. The first-order valence-electron chi connectivity index (χ1n) is 8.09. The first-order valence-corrected chi connectivity index (χ1v) is 12.6. The number of hydrogen-bond donors (Lipinski definition) is 1. The third-order valence-electron chi connectivity index (χ3n) is 4.22. The predicted molar refractivity (Wildman–Crippen MR) is 107 cm³/mol. The van der Waals surface area contributed by atoms with Crippen molar-refractivity contribution in [3.05, 3.63) is 39.7 Å². The Labute approximate surface area is 166 Å². The number of nitrogens with zero attached hydrogens (tertiary/aromatic N) is 1. The first kappa shape index (κ1) is 19.8. The second-order valence-electron chi connectivity index (χ2n) is 6.11. The van der Waals surface area contributed by atoms with E-state index in [-0.39, 0.29) is 14.8 Å². The molecule has 0 amide bonds. The highest BCUT2D eigenvalue weighted by atomic mass is 79.9. The van der Waals surface area contributed by atoms with Gasteiger partial charge in [0.15, 0.2) is 0 Å². The van der Waals surface area contributed by atoms with Crippen molar-refractivity contribution >= 4 is 53.0 Å². The fourth-order valence-electron chi connectivity index (χ4n) is 2.76. The topological polar surface area (TPSA) is 83.6 Å². The monoisotopic (exact) mass is 478 g/mol. The molecule has 1 N–H and O–H groups in total. The molecule has 0 saturated carbocycles. The molecule has 1 aromatic carbocycles. The lowest BCUT2D eigenvalue weighted by atomic mass is 10.2. The lowest BCUT2D eigenvalue weighted by Crippen LogP contribution is -2.35. The molecule has 6 nitrogen and oxygen atoms in total. The van der Waals surface area contributed by atoms with Crippen LogP contribution in [0.25, 0.3) is 0 Å². The fourth-order valence-corrected chi connectivity index (χ4v) is 7.44. The summed E-state index contributed by atoms with van der Waals surface area (Å²) in [7, 11) is -7.40. The number of benzene rings is 1. The maximum absolute atomic E-state index is 12.8. The highest BCUT2D eigenvalue weighted by Crippen LogP contribution is 2.30. The molecule has 0 unspecified atom stereocenters. The molecule has 1 fully saturated rings. The molecule has 1 aromatic heterocycles. The number of anilines is 1. The van der Waals surface area contributed by atoms with E-state index in [1.807, 2.05) is 0 Å². The van der Waals surface area contributed by atoms with Crippen LogP contribution in [0.4, 0.5) is 5.69 Å². The minimum absolute atomic E-state index is 0.107. The van der Waals surface area contributed by atoms with Crippen LogP contribution in [0.2, 0.25) is 0 Å². The Morgan fingerprint density at radius 1 is 1.04 bits per heavy atom. The molecule has 2 aromatic rings. The van der Waals surface area contributed by atoms with Gasteiger partial charge < -0.3 is 0 Å². The molecule has 0 aliphatic carbocycles. The van der Waals surface area contributed by atoms with Crippen LogP contribution >= 0.6 is 27.3 Å². The van der Waals surface area contributed by atoms with Crippen molar-refractivity contribution in [1.82, 2.24) is 4.31 Å². The normalized spacial score (nSPS) is 16.5. The molecular formula is C16H19BrN2O4S3. The number of piperidine rings is 1. The maximum Gasteiger partial charge on any atom is 0.271 e. The van der Waals surface area contributed by atoms with Crippen molar-refractivity contribution in [3.8, 4) is 0 Å². The van der Waals surface area contributed by atoms with Gasteiger partial charge in [0.2, 0.25) is 10.0 Å². The average molecular weight is 479 g/mol. The lowest BCUT2D eigenvalue weighted by molar-refractivity contribution is 0.346. The Hall–Kier alpha value is -0.940. The van der Waals surface area contributed by atoms with E-state index in [4.69, 9.17) is 0 Å². The first-order chi connectivity index (χ1) is 12.2. The van der Waals surface area contributed by atoms with Crippen molar-refractivity contribution in [2.75, 3.05) is 17.8 Å². The smallest absolute Gasteiger partial charge is 0.271 e. The van der Waals surface area contributed by atoms with Crippen LogP contribution in [0.5, 0.6) is 0 Å². The summed E-state index contributed by atoms with van der Waals surface area (Å²) in [5, 5.41) is 0. The van der Waals surface area contributed by atoms with Crippen LogP contribution < -0.4 is 4.72 Å². The molecule has 0 atom stereocenters. The summed E-state index contributed by atoms with van der Waals surface area (Å²) in [5.41, 5.74) is 0.925. The number of halogens is 1. The van der Waals surface area contributed by atoms with Crippen LogP contribution in [0.1, 0.15) is 24.8 Å². The Morgan fingerprint density at radius 3 is 2.35 bits per heavy atom. The Morgan fingerprint density at radius 2 is 1.73 bits per heavy atom. The van der Waals surface area contributed by atoms with Gasteiger partial charge in [0, 0.05) is 13.1 Å². The standard InChI is InChI=1S/C16H19BrN2O4S3/c1-12-5-6-13(26(22,23)19-9-3-2-4-10-19)11-14(12)18-25(20,21)16-8-7-15(17)24-16/h5-8,11,18H,2-4,9-10H2,1H3. The minimum atomic E-state index is -3.77. The van der Waals surface area contributed by atoms with Gasteiger partial charge in [-0.1, -0.05) is 12.5 Å². The second-order valence-corrected chi connectivity index (χ2v) is 12.4. The number of thiophene rings is 1. The molecule has 2 heterocycles. The number of nitrogens with one attached hydrogen (secondary N) is 1. The van der Waals surface area contributed by atoms with E-state index >= 15 is 0 Å². The van der Waals surface area contributed by atoms with Crippen molar-refractivity contribution in [3.63, 3.8) is 0 Å². The van der Waals surface area contributed by atoms with Gasteiger partial charge in [-0.3, -0.25) is 4.72 Å². The Balaban J connectivity index is 1.93. The van der Waals surface area contributed by atoms with E-state index < -0.39 is 20.0 Å². The van der Waals surface area contributed by atoms with E-state index in [0.717, 1.165) is 30.6 Å². The van der Waals surface area contributed by atoms with Gasteiger partial charge in [-0.05, 0) is 65.5 Å². The summed E-state index contributed by atoms with van der Waals surface area (Å²) >= 11 is 4.34. The third-order valence-corrected chi connectivity index (χ3v) is 9.60. The van der Waals surface area contributed by atoms with E-state index in [0.29, 0.717) is 22.4 Å². The van der Waals surface area contributed by atoms with Gasteiger partial charge in [-0.2, -0.15) is 4.31 Å². The van der Waals surface area contributed by atoms with Crippen LogP contribution in [0.3, 0.4) is 0 Å². The Bertz CT molecular complexity index is 1010. The third kappa shape index (κ3) is 4.14. The zero-order valence-electron chi connectivity index (χ0n) is 14.1. The number of sulfonamides is 2. The summed E-state index contributed by atoms with van der Waals surface area (Å²) in [6.45, 7) is 2.74. The highest BCUT2D eigenvalue weighted by Gasteiger charge is 2.27.